The summed E-state index contributed by atoms with van der Waals surface area (Å²) in [6, 6.07) is 0. The lowest BCUT2D eigenvalue weighted by Crippen LogP contribution is -2.42. The third kappa shape index (κ3) is 2.49. The van der Waals surface area contributed by atoms with Gasteiger partial charge in [-0.3, -0.25) is 4.79 Å². The average molecular weight is 269 g/mol. The zero-order chi connectivity index (χ0) is 11.8. The van der Waals surface area contributed by atoms with Crippen molar-refractivity contribution in [1.82, 2.24) is 0 Å². The predicted octanol–water partition coefficient (Wildman–Crippen LogP) is 0.667. The van der Waals surface area contributed by atoms with E-state index in [2.05, 4.69) is 0 Å². The molecule has 0 saturated carbocycles. The van der Waals surface area contributed by atoms with Crippen molar-refractivity contribution >= 4 is 25.7 Å². The minimum absolute atomic E-state index is 0.226. The summed E-state index contributed by atoms with van der Waals surface area (Å²) < 4.78 is 32.5. The smallest absolute Gasteiger partial charge is 0.306 e. The van der Waals surface area contributed by atoms with E-state index in [0.717, 1.165) is 12.8 Å². The third-order valence-corrected chi connectivity index (χ3v) is 4.24. The maximum absolute atomic E-state index is 11.3. The van der Waals surface area contributed by atoms with Crippen LogP contribution in [0.4, 0.5) is 0 Å². The van der Waals surface area contributed by atoms with Crippen molar-refractivity contribution < 1.29 is 22.7 Å². The summed E-state index contributed by atoms with van der Waals surface area (Å²) in [4.78, 5) is 11.3. The zero-order valence-corrected chi connectivity index (χ0v) is 10.2. The molecule has 2 saturated heterocycles. The highest BCUT2D eigenvalue weighted by Crippen LogP contribution is 2.43. The summed E-state index contributed by atoms with van der Waals surface area (Å²) in [6.07, 6.45) is 1.12. The molecule has 2 aliphatic rings. The van der Waals surface area contributed by atoms with Crippen LogP contribution in [0.1, 0.15) is 19.3 Å². The maximum atomic E-state index is 11.3. The van der Waals surface area contributed by atoms with Crippen molar-refractivity contribution in [2.24, 2.45) is 5.41 Å². The standard InChI is InChI=1S/C9H13ClO5S/c10-16(12,13)5-7-9(4-8(11)15-7)2-1-3-14-6-9/h7H,1-6H2. The molecule has 16 heavy (non-hydrogen) atoms. The molecule has 0 radical (unpaired) electrons. The van der Waals surface area contributed by atoms with E-state index in [1.54, 1.807) is 0 Å². The number of ether oxygens (including phenoxy) is 2. The van der Waals surface area contributed by atoms with Gasteiger partial charge in [0.2, 0.25) is 9.05 Å². The molecule has 0 aromatic rings. The topological polar surface area (TPSA) is 69.7 Å². The van der Waals surface area contributed by atoms with E-state index in [9.17, 15) is 13.2 Å². The molecule has 5 nitrogen and oxygen atoms in total. The molecule has 7 heteroatoms. The highest BCUT2D eigenvalue weighted by atomic mass is 35.7. The predicted molar refractivity (Wildman–Crippen MR) is 56.6 cm³/mol. The Hall–Kier alpha value is -0.330. The molecule has 2 atom stereocenters. The van der Waals surface area contributed by atoms with E-state index in [1.165, 1.54) is 0 Å². The van der Waals surface area contributed by atoms with Gasteiger partial charge in [-0.05, 0) is 12.8 Å². The van der Waals surface area contributed by atoms with Crippen LogP contribution in [0.3, 0.4) is 0 Å². The molecule has 0 bridgehead atoms. The molecule has 2 heterocycles. The van der Waals surface area contributed by atoms with Crippen molar-refractivity contribution in [1.29, 1.82) is 0 Å². The summed E-state index contributed by atoms with van der Waals surface area (Å²) in [6.45, 7) is 1.02. The number of cyclic esters (lactones) is 1. The van der Waals surface area contributed by atoms with Gasteiger partial charge in [0.1, 0.15) is 11.9 Å². The summed E-state index contributed by atoms with van der Waals surface area (Å²) in [5, 5.41) is 0. The fraction of sp³-hybridized carbons (Fsp3) is 0.889. The van der Waals surface area contributed by atoms with Crippen molar-refractivity contribution in [3.05, 3.63) is 0 Å². The molecule has 2 rings (SSSR count). The van der Waals surface area contributed by atoms with Gasteiger partial charge < -0.3 is 9.47 Å². The van der Waals surface area contributed by atoms with Crippen LogP contribution < -0.4 is 0 Å². The second-order valence-electron chi connectivity index (χ2n) is 4.38. The SMILES string of the molecule is O=C1CC2(CCCOC2)C(CS(=O)(=O)Cl)O1. The molecule has 2 aliphatic heterocycles. The monoisotopic (exact) mass is 268 g/mol. The largest absolute Gasteiger partial charge is 0.461 e. The van der Waals surface area contributed by atoms with Gasteiger partial charge in [0.25, 0.3) is 0 Å². The maximum Gasteiger partial charge on any atom is 0.306 e. The van der Waals surface area contributed by atoms with E-state index in [-0.39, 0.29) is 18.1 Å². The number of hydrogen-bond donors (Lipinski definition) is 0. The van der Waals surface area contributed by atoms with Crippen molar-refractivity contribution in [2.75, 3.05) is 19.0 Å². The van der Waals surface area contributed by atoms with E-state index in [4.69, 9.17) is 20.2 Å². The van der Waals surface area contributed by atoms with E-state index in [0.29, 0.717) is 13.2 Å². The van der Waals surface area contributed by atoms with Crippen molar-refractivity contribution in [3.63, 3.8) is 0 Å². The Bertz CT molecular complexity index is 385. The van der Waals surface area contributed by atoms with Crippen LogP contribution in [0.5, 0.6) is 0 Å². The van der Waals surface area contributed by atoms with E-state index in [1.807, 2.05) is 0 Å². The van der Waals surface area contributed by atoms with Gasteiger partial charge in [-0.2, -0.15) is 0 Å². The van der Waals surface area contributed by atoms with Gasteiger partial charge in [0.05, 0.1) is 13.0 Å². The summed E-state index contributed by atoms with van der Waals surface area (Å²) >= 11 is 0. The van der Waals surface area contributed by atoms with Crippen molar-refractivity contribution in [2.45, 2.75) is 25.4 Å². The highest BCUT2D eigenvalue weighted by molar-refractivity contribution is 8.13. The third-order valence-electron chi connectivity index (χ3n) is 3.16. The van der Waals surface area contributed by atoms with Gasteiger partial charge in [-0.1, -0.05) is 0 Å². The summed E-state index contributed by atoms with van der Waals surface area (Å²) in [5.41, 5.74) is -0.489. The minimum atomic E-state index is -3.67. The second-order valence-corrected chi connectivity index (χ2v) is 7.20. The molecular weight excluding hydrogens is 256 g/mol. The fourth-order valence-corrected chi connectivity index (χ4v) is 3.51. The molecule has 0 aromatic carbocycles. The van der Waals surface area contributed by atoms with Crippen LogP contribution >= 0.6 is 10.7 Å². The molecule has 92 valence electrons. The normalized spacial score (nSPS) is 35.3. The molecule has 0 aromatic heterocycles. The molecule has 2 unspecified atom stereocenters. The van der Waals surface area contributed by atoms with Gasteiger partial charge in [0, 0.05) is 22.7 Å². The molecule has 0 amide bonds. The van der Waals surface area contributed by atoms with Gasteiger partial charge in [-0.15, -0.1) is 0 Å². The molecular formula is C9H13ClO5S. The van der Waals surface area contributed by atoms with Crippen molar-refractivity contribution in [3.8, 4) is 0 Å². The second kappa shape index (κ2) is 4.16. The molecule has 1 spiro atoms. The van der Waals surface area contributed by atoms with E-state index >= 15 is 0 Å². The van der Waals surface area contributed by atoms with Crippen LogP contribution in [0.2, 0.25) is 0 Å². The van der Waals surface area contributed by atoms with Gasteiger partial charge in [0.15, 0.2) is 0 Å². The number of hydrogen-bond acceptors (Lipinski definition) is 5. The van der Waals surface area contributed by atoms with Gasteiger partial charge in [-0.25, -0.2) is 8.42 Å². The Kier molecular flexibility index (Phi) is 3.16. The first-order valence-electron chi connectivity index (χ1n) is 5.11. The van der Waals surface area contributed by atoms with Crippen LogP contribution in [-0.4, -0.2) is 39.5 Å². The number of halogens is 1. The average Bonchev–Trinajstić information content (AvgIpc) is 2.41. The highest BCUT2D eigenvalue weighted by Gasteiger charge is 2.51. The summed E-state index contributed by atoms with van der Waals surface area (Å²) in [7, 11) is 1.54. The van der Waals surface area contributed by atoms with Crippen LogP contribution in [0.15, 0.2) is 0 Å². The Morgan fingerprint density at radius 2 is 2.25 bits per heavy atom. The van der Waals surface area contributed by atoms with Crippen LogP contribution in [0.25, 0.3) is 0 Å². The Morgan fingerprint density at radius 1 is 1.50 bits per heavy atom. The number of esters is 1. The zero-order valence-electron chi connectivity index (χ0n) is 8.65. The van der Waals surface area contributed by atoms with E-state index < -0.39 is 20.6 Å². The first-order valence-corrected chi connectivity index (χ1v) is 7.59. The first kappa shape index (κ1) is 12.1. The summed E-state index contributed by atoms with van der Waals surface area (Å²) in [5.74, 6) is -0.695. The molecule has 2 fully saturated rings. The Labute approximate surface area is 98.5 Å². The quantitative estimate of drug-likeness (QED) is 0.544. The Morgan fingerprint density at radius 3 is 2.81 bits per heavy atom. The Balaban J connectivity index is 2.18. The molecule has 0 N–H and O–H groups in total. The lowest BCUT2D eigenvalue weighted by molar-refractivity contribution is -0.141. The lowest BCUT2D eigenvalue weighted by atomic mass is 9.77. The first-order chi connectivity index (χ1) is 7.41. The number of carbonyl (C=O) groups excluding carboxylic acids is 1. The van der Waals surface area contributed by atoms with Gasteiger partial charge >= 0.3 is 5.97 Å². The van der Waals surface area contributed by atoms with Crippen LogP contribution in [0, 0.1) is 5.41 Å². The van der Waals surface area contributed by atoms with Crippen LogP contribution in [-0.2, 0) is 23.3 Å². The minimum Gasteiger partial charge on any atom is -0.461 e. The number of carbonyl (C=O) groups is 1. The fourth-order valence-electron chi connectivity index (χ4n) is 2.39. The number of rotatable bonds is 2. The lowest BCUT2D eigenvalue weighted by Gasteiger charge is -2.35. The molecule has 0 aliphatic carbocycles.